The average Bonchev–Trinajstić information content (AvgIpc) is 3.46. The van der Waals surface area contributed by atoms with E-state index in [1.807, 2.05) is 36.4 Å². The summed E-state index contributed by atoms with van der Waals surface area (Å²) < 4.78 is 27.6. The fraction of sp³-hybridized carbons (Fsp3) is 0.324. The van der Waals surface area contributed by atoms with Crippen LogP contribution in [0.2, 0.25) is 0 Å². The van der Waals surface area contributed by atoms with Gasteiger partial charge in [-0.25, -0.2) is 4.39 Å². The molecule has 0 aliphatic carbocycles. The van der Waals surface area contributed by atoms with E-state index in [-0.39, 0.29) is 39.9 Å². The van der Waals surface area contributed by atoms with E-state index in [0.29, 0.717) is 35.2 Å². The Morgan fingerprint density at radius 3 is 2.22 bits per heavy atom. The van der Waals surface area contributed by atoms with E-state index in [0.717, 1.165) is 43.7 Å². The summed E-state index contributed by atoms with van der Waals surface area (Å²) in [4.78, 5) is 48.2. The highest BCUT2D eigenvalue weighted by atomic mass is 32.2. The lowest BCUT2D eigenvalue weighted by Gasteiger charge is -2.34. The van der Waals surface area contributed by atoms with Crippen LogP contribution in [0.1, 0.15) is 17.9 Å². The maximum atomic E-state index is 14.0. The molecule has 14 heteroatoms. The summed E-state index contributed by atoms with van der Waals surface area (Å²) in [6.07, 6.45) is 0. The number of piperazine rings is 1. The van der Waals surface area contributed by atoms with Gasteiger partial charge in [0.05, 0.1) is 10.8 Å². The zero-order chi connectivity index (χ0) is 35.6. The maximum Gasteiger partial charge on any atom is 0.330 e. The molecule has 12 nitrogen and oxygen atoms in total. The first-order valence-corrected chi connectivity index (χ1v) is 17.8. The van der Waals surface area contributed by atoms with E-state index in [1.165, 1.54) is 18.2 Å². The van der Waals surface area contributed by atoms with Crippen molar-refractivity contribution in [3.8, 4) is 23.5 Å². The largest absolute Gasteiger partial charge is 0.424 e. The number of aromatic nitrogens is 4. The molecule has 264 valence electrons. The van der Waals surface area contributed by atoms with Crippen molar-refractivity contribution < 1.29 is 18.7 Å². The molecule has 4 heterocycles. The Hall–Kier alpha value is -5.05. The molecule has 2 saturated heterocycles. The molecule has 2 aliphatic heterocycles. The van der Waals surface area contributed by atoms with Crippen molar-refractivity contribution in [1.82, 2.24) is 29.3 Å². The number of halogens is 1. The smallest absolute Gasteiger partial charge is 0.330 e. The van der Waals surface area contributed by atoms with Gasteiger partial charge in [-0.2, -0.15) is 9.97 Å². The number of rotatable bonds is 10. The lowest BCUT2D eigenvalue weighted by atomic mass is 10.1. The van der Waals surface area contributed by atoms with Crippen LogP contribution in [0.5, 0.6) is 23.5 Å². The molecule has 2 unspecified atom stereocenters. The predicted octanol–water partition coefficient (Wildman–Crippen LogP) is 5.30. The van der Waals surface area contributed by atoms with Gasteiger partial charge < -0.3 is 23.8 Å². The van der Waals surface area contributed by atoms with Crippen LogP contribution in [-0.2, 0) is 11.8 Å². The van der Waals surface area contributed by atoms with Crippen LogP contribution < -0.4 is 24.8 Å². The van der Waals surface area contributed by atoms with Crippen LogP contribution in [0.25, 0.3) is 10.9 Å². The summed E-state index contributed by atoms with van der Waals surface area (Å²) in [6, 6.07) is 22.3. The van der Waals surface area contributed by atoms with Crippen LogP contribution in [0.3, 0.4) is 0 Å². The van der Waals surface area contributed by atoms with Crippen molar-refractivity contribution in [2.75, 3.05) is 63.2 Å². The Labute approximate surface area is 299 Å². The van der Waals surface area contributed by atoms with Crippen molar-refractivity contribution in [3.05, 3.63) is 101 Å². The Morgan fingerprint density at radius 1 is 0.863 bits per heavy atom. The second-order valence-electron chi connectivity index (χ2n) is 12.7. The van der Waals surface area contributed by atoms with Crippen LogP contribution in [-0.4, -0.2) is 93.8 Å². The van der Waals surface area contributed by atoms with Gasteiger partial charge in [0.1, 0.15) is 22.7 Å². The Balaban J connectivity index is 1.13. The topological polar surface area (TPSA) is 109 Å². The standard InChI is InChI=1S/C37H39FN8O4S/c1-5-44-18-20-45(21-19-44)23-31-33(48)46(34(51-31)24-10-12-25(38)13-11-24)26-14-16-27(17-15-26)49-36-39-35(42(2)3)40-37(41-36)50-30-22-32(47)43(4)29-9-7-6-8-28(29)30/h6-17,22,31,34H,5,18-21,23H2,1-4H3. The van der Waals surface area contributed by atoms with Crippen LogP contribution in [0.4, 0.5) is 16.0 Å². The number of para-hydroxylation sites is 1. The number of thioether (sulfide) groups is 1. The highest BCUT2D eigenvalue weighted by molar-refractivity contribution is 8.01. The first-order valence-electron chi connectivity index (χ1n) is 16.8. The fourth-order valence-electron chi connectivity index (χ4n) is 6.27. The van der Waals surface area contributed by atoms with E-state index in [2.05, 4.69) is 31.7 Å². The lowest BCUT2D eigenvalue weighted by molar-refractivity contribution is -0.118. The van der Waals surface area contributed by atoms with E-state index >= 15 is 0 Å². The van der Waals surface area contributed by atoms with E-state index in [4.69, 9.17) is 9.47 Å². The molecule has 0 radical (unpaired) electrons. The van der Waals surface area contributed by atoms with Crippen molar-refractivity contribution in [3.63, 3.8) is 0 Å². The molecule has 1 amide bonds. The molecular weight excluding hydrogens is 672 g/mol. The zero-order valence-electron chi connectivity index (χ0n) is 28.9. The zero-order valence-corrected chi connectivity index (χ0v) is 29.7. The molecule has 3 aromatic carbocycles. The molecule has 51 heavy (non-hydrogen) atoms. The van der Waals surface area contributed by atoms with Gasteiger partial charge in [-0.1, -0.05) is 31.2 Å². The lowest BCUT2D eigenvalue weighted by Crippen LogP contribution is -2.49. The number of fused-ring (bicyclic) bond motifs is 1. The summed E-state index contributed by atoms with van der Waals surface area (Å²) in [7, 11) is 5.27. The number of ether oxygens (including phenoxy) is 2. The molecule has 2 aromatic heterocycles. The second kappa shape index (κ2) is 14.7. The number of hydrogen-bond donors (Lipinski definition) is 0. The van der Waals surface area contributed by atoms with Gasteiger partial charge in [0.2, 0.25) is 11.9 Å². The molecule has 2 aliphatic rings. The van der Waals surface area contributed by atoms with Crippen molar-refractivity contribution in [2.45, 2.75) is 17.5 Å². The van der Waals surface area contributed by atoms with Gasteiger partial charge in [-0.3, -0.25) is 19.4 Å². The first kappa shape index (κ1) is 34.4. The minimum atomic E-state index is -0.322. The van der Waals surface area contributed by atoms with Crippen molar-refractivity contribution >= 4 is 40.2 Å². The molecule has 5 aromatic rings. The number of nitrogens with zero attached hydrogens (tertiary/aromatic N) is 8. The van der Waals surface area contributed by atoms with Gasteiger partial charge >= 0.3 is 12.0 Å². The van der Waals surface area contributed by atoms with Gasteiger partial charge in [0, 0.05) is 71.0 Å². The molecule has 0 N–H and O–H groups in total. The summed E-state index contributed by atoms with van der Waals surface area (Å²) in [5.41, 5.74) is 2.01. The Kier molecular flexibility index (Phi) is 9.89. The maximum absolute atomic E-state index is 14.0. The third kappa shape index (κ3) is 7.39. The average molecular weight is 711 g/mol. The third-order valence-electron chi connectivity index (χ3n) is 9.16. The Morgan fingerprint density at radius 2 is 1.53 bits per heavy atom. The second-order valence-corrected chi connectivity index (χ2v) is 14.0. The number of likely N-dealkylation sites (N-methyl/N-ethyl adjacent to an activating group) is 1. The number of aryl methyl sites for hydroxylation is 1. The number of pyridine rings is 1. The molecule has 2 atom stereocenters. The molecule has 2 fully saturated rings. The molecule has 0 spiro atoms. The number of amides is 1. The summed E-state index contributed by atoms with van der Waals surface area (Å²) in [5, 5.41) is 0.141. The SMILES string of the molecule is CCN1CCN(CC2SC(c3ccc(F)cc3)N(c3ccc(Oc4nc(Oc5cc(=O)n(C)c6ccccc56)nc(N(C)C)n4)cc3)C2=O)CC1. The third-order valence-corrected chi connectivity index (χ3v) is 10.6. The van der Waals surface area contributed by atoms with Crippen molar-refractivity contribution in [2.24, 2.45) is 7.05 Å². The summed E-state index contributed by atoms with van der Waals surface area (Å²) in [6.45, 7) is 7.67. The van der Waals surface area contributed by atoms with E-state index in [9.17, 15) is 14.0 Å². The normalized spacial score (nSPS) is 18.4. The highest BCUT2D eigenvalue weighted by Gasteiger charge is 2.43. The fourth-order valence-corrected chi connectivity index (χ4v) is 7.77. The van der Waals surface area contributed by atoms with Crippen LogP contribution in [0.15, 0.2) is 83.7 Å². The summed E-state index contributed by atoms with van der Waals surface area (Å²) in [5.74, 6) is 0.730. The number of carbonyl (C=O) groups excluding carboxylic acids is 1. The molecule has 0 bridgehead atoms. The predicted molar refractivity (Wildman–Crippen MR) is 196 cm³/mol. The number of benzene rings is 3. The first-order chi connectivity index (χ1) is 24.7. The minimum absolute atomic E-state index is 0.00943. The van der Waals surface area contributed by atoms with E-state index < -0.39 is 0 Å². The van der Waals surface area contributed by atoms with Crippen molar-refractivity contribution in [1.29, 1.82) is 0 Å². The molecular formula is C37H39FN8O4S. The van der Waals surface area contributed by atoms with Gasteiger partial charge in [-0.15, -0.1) is 16.7 Å². The minimum Gasteiger partial charge on any atom is -0.424 e. The molecule has 0 saturated carbocycles. The van der Waals surface area contributed by atoms with Crippen LogP contribution in [0, 0.1) is 5.82 Å². The van der Waals surface area contributed by atoms with Gasteiger partial charge in [-0.05, 0) is 60.6 Å². The van der Waals surface area contributed by atoms with E-state index in [1.54, 1.807) is 71.5 Å². The number of anilines is 2. The number of hydrogen-bond acceptors (Lipinski definition) is 11. The Bertz CT molecular complexity index is 2090. The highest BCUT2D eigenvalue weighted by Crippen LogP contribution is 2.46. The van der Waals surface area contributed by atoms with Gasteiger partial charge in [0.15, 0.2) is 0 Å². The quantitative estimate of drug-likeness (QED) is 0.189. The monoisotopic (exact) mass is 710 g/mol. The van der Waals surface area contributed by atoms with Gasteiger partial charge in [0.25, 0.3) is 5.56 Å². The number of carbonyl (C=O) groups is 1. The molecule has 7 rings (SSSR count). The summed E-state index contributed by atoms with van der Waals surface area (Å²) >= 11 is 1.60. The van der Waals surface area contributed by atoms with Crippen LogP contribution >= 0.6 is 11.8 Å².